The van der Waals surface area contributed by atoms with Gasteiger partial charge in [0.2, 0.25) is 0 Å². The summed E-state index contributed by atoms with van der Waals surface area (Å²) >= 11 is 0. The van der Waals surface area contributed by atoms with Crippen LogP contribution in [-0.2, 0) is 4.74 Å². The van der Waals surface area contributed by atoms with Crippen LogP contribution in [0.2, 0.25) is 0 Å². The lowest BCUT2D eigenvalue weighted by atomic mass is 10.1. The molecular weight excluding hydrogens is 154 g/mol. The lowest BCUT2D eigenvalue weighted by Crippen LogP contribution is -2.53. The van der Waals surface area contributed by atoms with Crippen molar-refractivity contribution >= 4 is 0 Å². The fraction of sp³-hybridized carbons (Fsp3) is 1.00. The molecule has 1 aliphatic heterocycles. The molecule has 0 aromatic rings. The van der Waals surface area contributed by atoms with Crippen molar-refractivity contribution in [1.82, 2.24) is 4.90 Å². The first-order valence-corrected chi connectivity index (χ1v) is 4.58. The molecule has 12 heavy (non-hydrogen) atoms. The Bertz CT molecular complexity index is 133. The molecule has 1 fully saturated rings. The van der Waals surface area contributed by atoms with Gasteiger partial charge in [-0.15, -0.1) is 0 Å². The van der Waals surface area contributed by atoms with Crippen LogP contribution in [0.15, 0.2) is 0 Å². The van der Waals surface area contributed by atoms with Gasteiger partial charge in [0.15, 0.2) is 0 Å². The number of aliphatic hydroxyl groups excluding tert-OH is 1. The van der Waals surface area contributed by atoms with E-state index in [0.717, 1.165) is 19.6 Å². The Balaban J connectivity index is 2.53. The highest BCUT2D eigenvalue weighted by Gasteiger charge is 2.31. The van der Waals surface area contributed by atoms with Crippen LogP contribution >= 0.6 is 0 Å². The zero-order valence-electron chi connectivity index (χ0n) is 8.21. The van der Waals surface area contributed by atoms with Crippen LogP contribution in [0.4, 0.5) is 0 Å². The number of aliphatic hydroxyl groups is 1. The molecule has 72 valence electrons. The summed E-state index contributed by atoms with van der Waals surface area (Å²) in [7, 11) is 0. The van der Waals surface area contributed by atoms with Gasteiger partial charge >= 0.3 is 0 Å². The van der Waals surface area contributed by atoms with Crippen LogP contribution < -0.4 is 0 Å². The maximum absolute atomic E-state index is 8.98. The monoisotopic (exact) mass is 173 g/mol. The zero-order chi connectivity index (χ0) is 9.19. The molecule has 1 unspecified atom stereocenters. The first kappa shape index (κ1) is 9.96. The highest BCUT2D eigenvalue weighted by molar-refractivity contribution is 4.83. The van der Waals surface area contributed by atoms with E-state index in [1.165, 1.54) is 0 Å². The summed E-state index contributed by atoms with van der Waals surface area (Å²) in [5.41, 5.74) is -0.109. The number of rotatable bonds is 2. The van der Waals surface area contributed by atoms with Crippen molar-refractivity contribution in [3.63, 3.8) is 0 Å². The van der Waals surface area contributed by atoms with Gasteiger partial charge in [-0.2, -0.15) is 0 Å². The first-order chi connectivity index (χ1) is 5.57. The van der Waals surface area contributed by atoms with Crippen molar-refractivity contribution in [2.24, 2.45) is 0 Å². The molecule has 0 bridgehead atoms. The highest BCUT2D eigenvalue weighted by Crippen LogP contribution is 2.20. The molecule has 1 saturated heterocycles. The summed E-state index contributed by atoms with van der Waals surface area (Å²) in [6, 6.07) is 0. The van der Waals surface area contributed by atoms with Crippen LogP contribution in [0.25, 0.3) is 0 Å². The van der Waals surface area contributed by atoms with E-state index in [-0.39, 0.29) is 18.3 Å². The Morgan fingerprint density at radius 3 is 2.75 bits per heavy atom. The van der Waals surface area contributed by atoms with Gasteiger partial charge < -0.3 is 9.84 Å². The Morgan fingerprint density at radius 2 is 2.25 bits per heavy atom. The molecule has 0 radical (unpaired) electrons. The minimum atomic E-state index is -0.109. The van der Waals surface area contributed by atoms with Crippen LogP contribution in [0.5, 0.6) is 0 Å². The van der Waals surface area contributed by atoms with Gasteiger partial charge in [-0.3, -0.25) is 4.90 Å². The van der Waals surface area contributed by atoms with Gasteiger partial charge in [-0.25, -0.2) is 0 Å². The van der Waals surface area contributed by atoms with Crippen LogP contribution in [0.3, 0.4) is 0 Å². The summed E-state index contributed by atoms with van der Waals surface area (Å²) in [5.74, 6) is 0. The standard InChI is InChI=1S/C9H19NO2/c1-4-10-5-8(6-11)12-9(2,3)7-10/h8,11H,4-7H2,1-3H3. The predicted octanol–water partition coefficient (Wildman–Crippen LogP) is 0.478. The minimum Gasteiger partial charge on any atom is -0.394 e. The van der Waals surface area contributed by atoms with Crippen molar-refractivity contribution in [3.8, 4) is 0 Å². The second-order valence-electron chi connectivity index (χ2n) is 4.01. The lowest BCUT2D eigenvalue weighted by molar-refractivity contribution is -0.147. The van der Waals surface area contributed by atoms with Gasteiger partial charge in [0.25, 0.3) is 0 Å². The average molecular weight is 173 g/mol. The number of hydrogen-bond donors (Lipinski definition) is 1. The van der Waals surface area contributed by atoms with Gasteiger partial charge in [0, 0.05) is 13.1 Å². The lowest BCUT2D eigenvalue weighted by Gasteiger charge is -2.41. The van der Waals surface area contributed by atoms with E-state index in [1.807, 2.05) is 0 Å². The number of nitrogens with zero attached hydrogens (tertiary/aromatic N) is 1. The number of ether oxygens (including phenoxy) is 1. The minimum absolute atomic E-state index is 0.00583. The Labute approximate surface area is 74.3 Å². The average Bonchev–Trinajstić information content (AvgIpc) is 2.01. The third kappa shape index (κ3) is 2.44. The quantitative estimate of drug-likeness (QED) is 0.659. The van der Waals surface area contributed by atoms with Crippen LogP contribution in [0, 0.1) is 0 Å². The molecular formula is C9H19NO2. The summed E-state index contributed by atoms with van der Waals surface area (Å²) in [6.45, 7) is 9.24. The Kier molecular flexibility index (Phi) is 3.09. The highest BCUT2D eigenvalue weighted by atomic mass is 16.5. The molecule has 0 spiro atoms. The van der Waals surface area contributed by atoms with Crippen molar-refractivity contribution < 1.29 is 9.84 Å². The first-order valence-electron chi connectivity index (χ1n) is 4.58. The largest absolute Gasteiger partial charge is 0.394 e. The summed E-state index contributed by atoms with van der Waals surface area (Å²) in [6.07, 6.45) is -0.00583. The third-order valence-corrected chi connectivity index (χ3v) is 2.20. The van der Waals surface area contributed by atoms with E-state index < -0.39 is 0 Å². The SMILES string of the molecule is CCN1CC(CO)OC(C)(C)C1. The summed E-state index contributed by atoms with van der Waals surface area (Å²) in [5, 5.41) is 8.98. The molecule has 1 N–H and O–H groups in total. The second-order valence-corrected chi connectivity index (χ2v) is 4.01. The van der Waals surface area contributed by atoms with Gasteiger partial charge in [0.1, 0.15) is 0 Å². The van der Waals surface area contributed by atoms with E-state index in [1.54, 1.807) is 0 Å². The number of morpholine rings is 1. The fourth-order valence-corrected chi connectivity index (χ4v) is 1.75. The van der Waals surface area contributed by atoms with E-state index in [9.17, 15) is 0 Å². The Hall–Kier alpha value is -0.120. The smallest absolute Gasteiger partial charge is 0.0940 e. The molecule has 1 aliphatic rings. The van der Waals surface area contributed by atoms with Crippen molar-refractivity contribution in [1.29, 1.82) is 0 Å². The Morgan fingerprint density at radius 1 is 1.58 bits per heavy atom. The molecule has 1 rings (SSSR count). The molecule has 0 aromatic carbocycles. The normalized spacial score (nSPS) is 30.5. The van der Waals surface area contributed by atoms with Crippen molar-refractivity contribution in [2.75, 3.05) is 26.2 Å². The van der Waals surface area contributed by atoms with Gasteiger partial charge in [0.05, 0.1) is 18.3 Å². The maximum atomic E-state index is 8.98. The van der Waals surface area contributed by atoms with E-state index in [2.05, 4.69) is 25.7 Å². The van der Waals surface area contributed by atoms with Gasteiger partial charge in [-0.05, 0) is 20.4 Å². The molecule has 1 atom stereocenters. The zero-order valence-corrected chi connectivity index (χ0v) is 8.21. The summed E-state index contributed by atoms with van der Waals surface area (Å²) in [4.78, 5) is 2.31. The molecule has 0 amide bonds. The molecule has 3 nitrogen and oxygen atoms in total. The third-order valence-electron chi connectivity index (χ3n) is 2.20. The topological polar surface area (TPSA) is 32.7 Å². The molecule has 0 aliphatic carbocycles. The van der Waals surface area contributed by atoms with Crippen molar-refractivity contribution in [2.45, 2.75) is 32.5 Å². The maximum Gasteiger partial charge on any atom is 0.0940 e. The fourth-order valence-electron chi connectivity index (χ4n) is 1.75. The van der Waals surface area contributed by atoms with E-state index in [4.69, 9.17) is 9.84 Å². The van der Waals surface area contributed by atoms with E-state index in [0.29, 0.717) is 0 Å². The van der Waals surface area contributed by atoms with Crippen LogP contribution in [-0.4, -0.2) is 48.0 Å². The molecule has 0 aromatic heterocycles. The van der Waals surface area contributed by atoms with Gasteiger partial charge in [-0.1, -0.05) is 6.92 Å². The van der Waals surface area contributed by atoms with Crippen molar-refractivity contribution in [3.05, 3.63) is 0 Å². The number of likely N-dealkylation sites (N-methyl/N-ethyl adjacent to an activating group) is 1. The number of hydrogen-bond acceptors (Lipinski definition) is 3. The summed E-state index contributed by atoms with van der Waals surface area (Å²) < 4.78 is 5.66. The molecule has 0 saturated carbocycles. The molecule has 1 heterocycles. The second kappa shape index (κ2) is 3.73. The molecule has 3 heteroatoms. The van der Waals surface area contributed by atoms with E-state index >= 15 is 0 Å². The predicted molar refractivity (Wildman–Crippen MR) is 48.2 cm³/mol. The van der Waals surface area contributed by atoms with Crippen LogP contribution in [0.1, 0.15) is 20.8 Å².